The first-order valence-corrected chi connectivity index (χ1v) is 4.49. The van der Waals surface area contributed by atoms with Crippen LogP contribution in [-0.4, -0.2) is 19.5 Å². The molecule has 0 heterocycles. The van der Waals surface area contributed by atoms with Crippen LogP contribution in [0.2, 0.25) is 0 Å². The summed E-state index contributed by atoms with van der Waals surface area (Å²) in [5, 5.41) is 2.26. The van der Waals surface area contributed by atoms with Gasteiger partial charge in [0.2, 0.25) is 0 Å². The van der Waals surface area contributed by atoms with Crippen molar-refractivity contribution in [3.63, 3.8) is 0 Å². The van der Waals surface area contributed by atoms with E-state index in [1.165, 1.54) is 0 Å². The molecule has 0 bridgehead atoms. The Morgan fingerprint density at radius 2 is 1.93 bits per heavy atom. The lowest BCUT2D eigenvalue weighted by Crippen LogP contribution is -2.00. The van der Waals surface area contributed by atoms with E-state index < -0.39 is 0 Å². The van der Waals surface area contributed by atoms with E-state index in [4.69, 9.17) is 4.74 Å². The first kappa shape index (κ1) is 11.2. The Morgan fingerprint density at radius 3 is 2.53 bits per heavy atom. The lowest BCUT2D eigenvalue weighted by Gasteiger charge is -2.04. The number of hydrogen-bond acceptors (Lipinski definition) is 5. The van der Waals surface area contributed by atoms with Gasteiger partial charge in [-0.2, -0.15) is 0 Å². The molecule has 0 amide bonds. The van der Waals surface area contributed by atoms with Crippen LogP contribution in [0, 0.1) is 4.91 Å². The minimum absolute atomic E-state index is 0.246. The quantitative estimate of drug-likeness (QED) is 0.298. The van der Waals surface area contributed by atoms with E-state index in [9.17, 15) is 9.70 Å². The van der Waals surface area contributed by atoms with Gasteiger partial charge in [0, 0.05) is 12.0 Å². The maximum absolute atomic E-state index is 10.4. The first-order chi connectivity index (χ1) is 7.36. The fraction of sp³-hybridized carbons (Fsp3) is 0.300. The molecule has 0 spiro atoms. The molecular weight excluding hydrogens is 198 g/mol. The average Bonchev–Trinajstić information content (AvgIpc) is 2.30. The van der Waals surface area contributed by atoms with Gasteiger partial charge in [-0.15, -0.1) is 4.91 Å². The Balaban J connectivity index is 2.25. The van der Waals surface area contributed by atoms with Gasteiger partial charge in [0.15, 0.2) is 5.34 Å². The highest BCUT2D eigenvalue weighted by Gasteiger charge is 1.94. The van der Waals surface area contributed by atoms with Crippen LogP contribution in [0.1, 0.15) is 16.8 Å². The fourth-order valence-electron chi connectivity index (χ4n) is 0.993. The molecule has 0 aliphatic rings. The summed E-state index contributed by atoms with van der Waals surface area (Å²) < 4.78 is 5.31. The van der Waals surface area contributed by atoms with Gasteiger partial charge in [0.05, 0.1) is 6.61 Å². The van der Waals surface area contributed by atoms with Crippen molar-refractivity contribution < 1.29 is 14.4 Å². The molecule has 1 rings (SSSR count). The monoisotopic (exact) mass is 209 g/mol. The van der Waals surface area contributed by atoms with E-state index in [-0.39, 0.29) is 6.61 Å². The number of hydrogen-bond donors (Lipinski definition) is 0. The van der Waals surface area contributed by atoms with E-state index in [2.05, 4.69) is 10.2 Å². The lowest BCUT2D eigenvalue weighted by atomic mass is 10.2. The molecule has 5 nitrogen and oxygen atoms in total. The normalized spacial score (nSPS) is 9.33. The smallest absolute Gasteiger partial charge is 0.155 e. The Bertz CT molecular complexity index is 310. The number of benzene rings is 1. The second-order valence-electron chi connectivity index (χ2n) is 2.80. The molecule has 0 aliphatic heterocycles. The largest absolute Gasteiger partial charge is 0.493 e. The van der Waals surface area contributed by atoms with E-state index in [0.29, 0.717) is 24.3 Å². The number of ether oxygens (including phenoxy) is 1. The van der Waals surface area contributed by atoms with Crippen molar-refractivity contribution >= 4 is 6.29 Å². The van der Waals surface area contributed by atoms with Crippen molar-refractivity contribution in [1.82, 2.24) is 0 Å². The Morgan fingerprint density at radius 1 is 1.20 bits per heavy atom. The highest BCUT2D eigenvalue weighted by Crippen LogP contribution is 2.11. The van der Waals surface area contributed by atoms with E-state index in [1.54, 1.807) is 24.3 Å². The molecule has 15 heavy (non-hydrogen) atoms. The van der Waals surface area contributed by atoms with Crippen molar-refractivity contribution in [1.29, 1.82) is 0 Å². The number of nitrogens with zero attached hydrogens (tertiary/aromatic N) is 1. The molecule has 0 fully saturated rings. The summed E-state index contributed by atoms with van der Waals surface area (Å²) in [4.78, 5) is 24.2. The van der Waals surface area contributed by atoms with Crippen LogP contribution < -0.4 is 4.74 Å². The summed E-state index contributed by atoms with van der Waals surface area (Å²) >= 11 is 0. The number of carbonyl (C=O) groups excluding carboxylic acids is 1. The third-order valence-corrected chi connectivity index (χ3v) is 1.72. The molecule has 0 atom stereocenters. The zero-order valence-electron chi connectivity index (χ0n) is 8.09. The molecule has 0 aliphatic carbocycles. The molecule has 0 N–H and O–H groups in total. The predicted molar refractivity (Wildman–Crippen MR) is 53.7 cm³/mol. The van der Waals surface area contributed by atoms with Crippen LogP contribution in [0.5, 0.6) is 5.75 Å². The van der Waals surface area contributed by atoms with Gasteiger partial charge in [-0.1, -0.05) is 0 Å². The number of carbonyl (C=O) groups is 1. The maximum atomic E-state index is 10.4. The molecular formula is C10H11NO4. The molecule has 80 valence electrons. The second-order valence-corrected chi connectivity index (χ2v) is 2.80. The first-order valence-electron chi connectivity index (χ1n) is 4.49. The van der Waals surface area contributed by atoms with Crippen molar-refractivity contribution in [2.75, 3.05) is 13.2 Å². The van der Waals surface area contributed by atoms with Crippen LogP contribution in [0.15, 0.2) is 29.6 Å². The van der Waals surface area contributed by atoms with Gasteiger partial charge in [-0.25, -0.2) is 0 Å². The van der Waals surface area contributed by atoms with Crippen molar-refractivity contribution in [2.45, 2.75) is 6.42 Å². The predicted octanol–water partition coefficient (Wildman–Crippen LogP) is 1.97. The highest BCUT2D eigenvalue weighted by molar-refractivity contribution is 5.74. The van der Waals surface area contributed by atoms with Crippen LogP contribution in [0.3, 0.4) is 0 Å². The summed E-state index contributed by atoms with van der Waals surface area (Å²) in [5.74, 6) is 0.680. The minimum atomic E-state index is 0.246. The van der Waals surface area contributed by atoms with Crippen LogP contribution >= 0.6 is 0 Å². The zero-order chi connectivity index (χ0) is 10.9. The van der Waals surface area contributed by atoms with Crippen LogP contribution in [0.4, 0.5) is 0 Å². The van der Waals surface area contributed by atoms with E-state index in [0.717, 1.165) is 6.29 Å². The molecule has 0 radical (unpaired) electrons. The lowest BCUT2D eigenvalue weighted by molar-refractivity contribution is 0.112. The van der Waals surface area contributed by atoms with Gasteiger partial charge < -0.3 is 9.57 Å². The van der Waals surface area contributed by atoms with Crippen LogP contribution in [-0.2, 0) is 4.84 Å². The fourth-order valence-corrected chi connectivity index (χ4v) is 0.993. The highest BCUT2D eigenvalue weighted by atomic mass is 16.7. The van der Waals surface area contributed by atoms with E-state index >= 15 is 0 Å². The van der Waals surface area contributed by atoms with Gasteiger partial charge in [0.25, 0.3) is 0 Å². The molecule has 0 aromatic heterocycles. The summed E-state index contributed by atoms with van der Waals surface area (Å²) in [6.45, 7) is 0.686. The standard InChI is InChI=1S/C10H11NO4/c12-8-9-2-4-10(5-3-9)14-6-1-7-15-11-13/h2-5,8H,1,6-7H2. The Hall–Kier alpha value is -1.91. The SMILES string of the molecule is O=Cc1ccc(OCCCON=O)cc1. The third kappa shape index (κ3) is 4.21. The number of aldehydes is 1. The van der Waals surface area contributed by atoms with Gasteiger partial charge in [-0.3, -0.25) is 4.79 Å². The molecule has 0 saturated heterocycles. The van der Waals surface area contributed by atoms with Crippen molar-refractivity contribution in [3.8, 4) is 5.75 Å². The maximum Gasteiger partial charge on any atom is 0.155 e. The van der Waals surface area contributed by atoms with E-state index in [1.807, 2.05) is 0 Å². The van der Waals surface area contributed by atoms with Crippen molar-refractivity contribution in [3.05, 3.63) is 34.7 Å². The molecule has 0 unspecified atom stereocenters. The molecule has 0 saturated carbocycles. The summed E-state index contributed by atoms with van der Waals surface area (Å²) in [6.07, 6.45) is 1.36. The summed E-state index contributed by atoms with van der Waals surface area (Å²) in [5.41, 5.74) is 0.607. The molecule has 5 heteroatoms. The minimum Gasteiger partial charge on any atom is -0.493 e. The summed E-state index contributed by atoms with van der Waals surface area (Å²) in [6, 6.07) is 6.77. The third-order valence-electron chi connectivity index (χ3n) is 1.72. The van der Waals surface area contributed by atoms with Gasteiger partial charge in [-0.05, 0) is 24.3 Å². The second kappa shape index (κ2) is 6.53. The van der Waals surface area contributed by atoms with Crippen LogP contribution in [0.25, 0.3) is 0 Å². The Kier molecular flexibility index (Phi) is 4.86. The molecule has 1 aromatic carbocycles. The van der Waals surface area contributed by atoms with Gasteiger partial charge >= 0.3 is 0 Å². The summed E-state index contributed by atoms with van der Waals surface area (Å²) in [7, 11) is 0. The average molecular weight is 209 g/mol. The molecule has 1 aromatic rings. The zero-order valence-corrected chi connectivity index (χ0v) is 8.09. The number of rotatable bonds is 7. The Labute approximate surface area is 86.9 Å². The van der Waals surface area contributed by atoms with Crippen molar-refractivity contribution in [2.24, 2.45) is 5.34 Å². The topological polar surface area (TPSA) is 65.0 Å². The van der Waals surface area contributed by atoms with Gasteiger partial charge in [0.1, 0.15) is 18.6 Å².